The number of nitrogens with two attached hydrogens (primary N) is 1. The lowest BCUT2D eigenvalue weighted by Gasteiger charge is -2.32. The van der Waals surface area contributed by atoms with Gasteiger partial charge in [0.2, 0.25) is 0 Å². The van der Waals surface area contributed by atoms with Crippen molar-refractivity contribution in [3.8, 4) is 5.75 Å². The van der Waals surface area contributed by atoms with E-state index in [2.05, 4.69) is 11.7 Å². The minimum Gasteiger partial charge on any atom is -0.405 e. The molecule has 0 saturated heterocycles. The van der Waals surface area contributed by atoms with E-state index < -0.39 is 12.4 Å². The number of ether oxygens (including phenoxy) is 1. The van der Waals surface area contributed by atoms with Crippen LogP contribution in [0.3, 0.4) is 0 Å². The number of alkyl halides is 3. The molecule has 1 aromatic rings. The highest BCUT2D eigenvalue weighted by Crippen LogP contribution is 2.40. The fraction of sp³-hybridized carbons (Fsp3) is 0.625. The standard InChI is InChI=1S/C16H22F3NO/c1-2-11-7-9-12(10-8-11)15(20)13-5-3-4-6-14(13)21-16(17,18)19/h3-6,11-12,15H,2,7-10,20H2,1H3. The molecule has 0 amide bonds. The van der Waals surface area contributed by atoms with E-state index in [1.807, 2.05) is 0 Å². The molecule has 1 atom stereocenters. The third-order valence-corrected chi connectivity index (χ3v) is 4.48. The number of hydrogen-bond acceptors (Lipinski definition) is 2. The maximum atomic E-state index is 12.5. The number of para-hydroxylation sites is 1. The van der Waals surface area contributed by atoms with Crippen LogP contribution >= 0.6 is 0 Å². The number of benzene rings is 1. The smallest absolute Gasteiger partial charge is 0.405 e. The van der Waals surface area contributed by atoms with E-state index in [4.69, 9.17) is 5.73 Å². The van der Waals surface area contributed by atoms with Crippen LogP contribution in [0, 0.1) is 11.8 Å². The Balaban J connectivity index is 2.10. The first-order valence-electron chi connectivity index (χ1n) is 7.51. The van der Waals surface area contributed by atoms with Crippen LogP contribution in [0.4, 0.5) is 13.2 Å². The first kappa shape index (κ1) is 16.1. The molecule has 0 aliphatic heterocycles. The van der Waals surface area contributed by atoms with E-state index in [0.29, 0.717) is 5.56 Å². The molecule has 1 fully saturated rings. The average molecular weight is 301 g/mol. The van der Waals surface area contributed by atoms with Gasteiger partial charge in [-0.3, -0.25) is 0 Å². The third-order valence-electron chi connectivity index (χ3n) is 4.48. The van der Waals surface area contributed by atoms with E-state index in [1.54, 1.807) is 12.1 Å². The van der Waals surface area contributed by atoms with Gasteiger partial charge in [0.15, 0.2) is 0 Å². The molecule has 118 valence electrons. The molecule has 0 aromatic heterocycles. The summed E-state index contributed by atoms with van der Waals surface area (Å²) in [5.41, 5.74) is 6.68. The van der Waals surface area contributed by atoms with Crippen LogP contribution in [0.2, 0.25) is 0 Å². The van der Waals surface area contributed by atoms with E-state index in [1.165, 1.54) is 12.1 Å². The molecule has 1 saturated carbocycles. The molecule has 0 heterocycles. The average Bonchev–Trinajstić information content (AvgIpc) is 2.45. The summed E-state index contributed by atoms with van der Waals surface area (Å²) in [6, 6.07) is 5.81. The monoisotopic (exact) mass is 301 g/mol. The second-order valence-electron chi connectivity index (χ2n) is 5.80. The summed E-state index contributed by atoms with van der Waals surface area (Å²) in [5.74, 6) is 0.788. The summed E-state index contributed by atoms with van der Waals surface area (Å²) < 4.78 is 41.5. The number of halogens is 3. The lowest BCUT2D eigenvalue weighted by atomic mass is 9.76. The minimum atomic E-state index is -4.68. The van der Waals surface area contributed by atoms with Crippen molar-refractivity contribution < 1.29 is 17.9 Å². The predicted octanol–water partition coefficient (Wildman–Crippen LogP) is 4.80. The Kier molecular flexibility index (Phi) is 5.14. The highest BCUT2D eigenvalue weighted by molar-refractivity contribution is 5.36. The minimum absolute atomic E-state index is 0.171. The van der Waals surface area contributed by atoms with Gasteiger partial charge < -0.3 is 10.5 Å². The second-order valence-corrected chi connectivity index (χ2v) is 5.80. The van der Waals surface area contributed by atoms with Gasteiger partial charge in [-0.15, -0.1) is 13.2 Å². The highest BCUT2D eigenvalue weighted by atomic mass is 19.4. The van der Waals surface area contributed by atoms with Crippen molar-refractivity contribution in [3.63, 3.8) is 0 Å². The predicted molar refractivity (Wildman–Crippen MR) is 75.8 cm³/mol. The van der Waals surface area contributed by atoms with Gasteiger partial charge >= 0.3 is 6.36 Å². The molecule has 2 N–H and O–H groups in total. The van der Waals surface area contributed by atoms with Gasteiger partial charge in [-0.25, -0.2) is 0 Å². The van der Waals surface area contributed by atoms with Crippen LogP contribution < -0.4 is 10.5 Å². The second kappa shape index (κ2) is 6.69. The van der Waals surface area contributed by atoms with Gasteiger partial charge in [-0.1, -0.05) is 44.4 Å². The SMILES string of the molecule is CCC1CCC(C(N)c2ccccc2OC(F)(F)F)CC1. The molecule has 2 rings (SSSR count). The van der Waals surface area contributed by atoms with E-state index in [9.17, 15) is 13.2 Å². The maximum Gasteiger partial charge on any atom is 0.573 e. The summed E-state index contributed by atoms with van der Waals surface area (Å²) in [5, 5.41) is 0. The van der Waals surface area contributed by atoms with Crippen molar-refractivity contribution in [2.45, 2.75) is 51.4 Å². The Labute approximate surface area is 123 Å². The van der Waals surface area contributed by atoms with Gasteiger partial charge in [0.25, 0.3) is 0 Å². The summed E-state index contributed by atoms with van der Waals surface area (Å²) in [7, 11) is 0. The van der Waals surface area contributed by atoms with Crippen molar-refractivity contribution in [1.29, 1.82) is 0 Å². The van der Waals surface area contributed by atoms with Crippen molar-refractivity contribution in [2.24, 2.45) is 17.6 Å². The molecule has 1 unspecified atom stereocenters. The van der Waals surface area contributed by atoms with Crippen LogP contribution in [0.15, 0.2) is 24.3 Å². The topological polar surface area (TPSA) is 35.2 Å². The zero-order valence-corrected chi connectivity index (χ0v) is 12.2. The third kappa shape index (κ3) is 4.37. The zero-order chi connectivity index (χ0) is 15.5. The molecule has 0 spiro atoms. The van der Waals surface area contributed by atoms with Crippen LogP contribution in [-0.2, 0) is 0 Å². The van der Waals surface area contributed by atoms with Crippen molar-refractivity contribution >= 4 is 0 Å². The summed E-state index contributed by atoms with van der Waals surface area (Å²) in [6.07, 6.45) is 0.639. The first-order chi connectivity index (χ1) is 9.90. The van der Waals surface area contributed by atoms with Crippen LogP contribution in [0.1, 0.15) is 50.6 Å². The van der Waals surface area contributed by atoms with Crippen LogP contribution in [0.5, 0.6) is 5.75 Å². The Morgan fingerprint density at radius 3 is 2.38 bits per heavy atom. The molecule has 1 aliphatic carbocycles. The quantitative estimate of drug-likeness (QED) is 0.867. The lowest BCUT2D eigenvalue weighted by molar-refractivity contribution is -0.275. The Hall–Kier alpha value is -1.23. The zero-order valence-electron chi connectivity index (χ0n) is 12.2. The normalized spacial score (nSPS) is 24.6. The van der Waals surface area contributed by atoms with Gasteiger partial charge in [-0.05, 0) is 30.7 Å². The summed E-state index contributed by atoms with van der Waals surface area (Å²) >= 11 is 0. The van der Waals surface area contributed by atoms with E-state index in [-0.39, 0.29) is 11.7 Å². The molecule has 21 heavy (non-hydrogen) atoms. The molecular weight excluding hydrogens is 279 g/mol. The van der Waals surface area contributed by atoms with Gasteiger partial charge in [0, 0.05) is 11.6 Å². The summed E-state index contributed by atoms with van der Waals surface area (Å²) in [6.45, 7) is 2.18. The van der Waals surface area contributed by atoms with Crippen LogP contribution in [-0.4, -0.2) is 6.36 Å². The molecular formula is C16H22F3NO. The number of rotatable bonds is 4. The van der Waals surface area contributed by atoms with Crippen molar-refractivity contribution in [1.82, 2.24) is 0 Å². The Morgan fingerprint density at radius 1 is 1.19 bits per heavy atom. The molecule has 0 bridgehead atoms. The molecule has 5 heteroatoms. The first-order valence-corrected chi connectivity index (χ1v) is 7.51. The van der Waals surface area contributed by atoms with E-state index in [0.717, 1.165) is 38.0 Å². The summed E-state index contributed by atoms with van der Waals surface area (Å²) in [4.78, 5) is 0. The molecule has 2 nitrogen and oxygen atoms in total. The fourth-order valence-corrected chi connectivity index (χ4v) is 3.18. The van der Waals surface area contributed by atoms with Crippen LogP contribution in [0.25, 0.3) is 0 Å². The Morgan fingerprint density at radius 2 is 1.81 bits per heavy atom. The van der Waals surface area contributed by atoms with Crippen molar-refractivity contribution in [3.05, 3.63) is 29.8 Å². The van der Waals surface area contributed by atoms with Gasteiger partial charge in [0.1, 0.15) is 5.75 Å². The largest absolute Gasteiger partial charge is 0.573 e. The van der Waals surface area contributed by atoms with Gasteiger partial charge in [0.05, 0.1) is 0 Å². The lowest BCUT2D eigenvalue weighted by Crippen LogP contribution is -2.27. The van der Waals surface area contributed by atoms with Crippen molar-refractivity contribution in [2.75, 3.05) is 0 Å². The fourth-order valence-electron chi connectivity index (χ4n) is 3.18. The molecule has 1 aromatic carbocycles. The maximum absolute atomic E-state index is 12.5. The Bertz CT molecular complexity index is 453. The molecule has 1 aliphatic rings. The number of hydrogen-bond donors (Lipinski definition) is 1. The highest BCUT2D eigenvalue weighted by Gasteiger charge is 2.34. The van der Waals surface area contributed by atoms with Gasteiger partial charge in [-0.2, -0.15) is 0 Å². The molecule has 0 radical (unpaired) electrons. The van der Waals surface area contributed by atoms with E-state index >= 15 is 0 Å².